The minimum atomic E-state index is -3.70. The number of sulfonamides is 1. The number of benzene rings is 1. The van der Waals surface area contributed by atoms with Crippen LogP contribution in [0.1, 0.15) is 11.1 Å². The van der Waals surface area contributed by atoms with Gasteiger partial charge >= 0.3 is 0 Å². The van der Waals surface area contributed by atoms with Crippen LogP contribution in [0, 0.1) is 6.92 Å². The Labute approximate surface area is 117 Å². The minimum Gasteiger partial charge on any atom is -0.374 e. The van der Waals surface area contributed by atoms with Gasteiger partial charge in [0.15, 0.2) is 0 Å². The lowest BCUT2D eigenvalue weighted by atomic mass is 10.1. The average Bonchev–Trinajstić information content (AvgIpc) is 2.38. The fourth-order valence-electron chi connectivity index (χ4n) is 1.67. The Balaban J connectivity index is 2.65. The second-order valence-electron chi connectivity index (χ2n) is 4.11. The fraction of sp³-hybridized carbons (Fsp3) is 0.500. The quantitative estimate of drug-likeness (QED) is 0.702. The minimum absolute atomic E-state index is 0.0681. The zero-order valence-electron chi connectivity index (χ0n) is 11.1. The summed E-state index contributed by atoms with van der Waals surface area (Å²) in [4.78, 5) is 0.134. The first-order chi connectivity index (χ1) is 9.38. The maximum absolute atomic E-state index is 12.1. The molecule has 3 N–H and O–H groups in total. The summed E-state index contributed by atoms with van der Waals surface area (Å²) in [6.45, 7) is 1.03. The van der Waals surface area contributed by atoms with Gasteiger partial charge in [0, 0.05) is 13.1 Å². The maximum Gasteiger partial charge on any atom is 0.261 e. The Morgan fingerprint density at radius 3 is 2.70 bits per heavy atom. The SMILES string of the molecule is Cc1c(CN)cccc1S(=O)(=O)NCCOCC(F)F. The van der Waals surface area contributed by atoms with Crippen LogP contribution in [0.3, 0.4) is 0 Å². The van der Waals surface area contributed by atoms with Crippen molar-refractivity contribution in [3.05, 3.63) is 29.3 Å². The van der Waals surface area contributed by atoms with E-state index in [-0.39, 0.29) is 24.6 Å². The lowest BCUT2D eigenvalue weighted by molar-refractivity contribution is 0.0199. The molecule has 0 heterocycles. The molecule has 0 saturated heterocycles. The molecule has 8 heteroatoms. The predicted octanol–water partition coefficient (Wildman–Crippen LogP) is 1.01. The van der Waals surface area contributed by atoms with Gasteiger partial charge in [-0.25, -0.2) is 21.9 Å². The van der Waals surface area contributed by atoms with E-state index < -0.39 is 23.1 Å². The molecule has 1 rings (SSSR count). The fourth-order valence-corrected chi connectivity index (χ4v) is 2.97. The van der Waals surface area contributed by atoms with Gasteiger partial charge in [-0.3, -0.25) is 0 Å². The Morgan fingerprint density at radius 2 is 2.10 bits per heavy atom. The monoisotopic (exact) mass is 308 g/mol. The summed E-state index contributed by atoms with van der Waals surface area (Å²) >= 11 is 0. The van der Waals surface area contributed by atoms with Crippen molar-refractivity contribution >= 4 is 10.0 Å². The summed E-state index contributed by atoms with van der Waals surface area (Å²) in [7, 11) is -3.70. The first-order valence-corrected chi connectivity index (χ1v) is 7.51. The summed E-state index contributed by atoms with van der Waals surface area (Å²) in [5, 5.41) is 0. The number of nitrogens with two attached hydrogens (primary N) is 1. The van der Waals surface area contributed by atoms with Crippen LogP contribution in [0.15, 0.2) is 23.1 Å². The van der Waals surface area contributed by atoms with Gasteiger partial charge in [-0.1, -0.05) is 12.1 Å². The van der Waals surface area contributed by atoms with Crippen LogP contribution in [0.5, 0.6) is 0 Å². The summed E-state index contributed by atoms with van der Waals surface area (Å²) in [6.07, 6.45) is -2.56. The van der Waals surface area contributed by atoms with E-state index in [1.165, 1.54) is 6.07 Å². The largest absolute Gasteiger partial charge is 0.374 e. The van der Waals surface area contributed by atoms with Crippen LogP contribution in [0.25, 0.3) is 0 Å². The summed E-state index contributed by atoms with van der Waals surface area (Å²) in [5.41, 5.74) is 6.84. The molecule has 0 spiro atoms. The van der Waals surface area contributed by atoms with Crippen LogP contribution in [0.4, 0.5) is 8.78 Å². The lowest BCUT2D eigenvalue weighted by Gasteiger charge is -2.12. The molecule has 0 aliphatic carbocycles. The Hall–Kier alpha value is -1.09. The van der Waals surface area contributed by atoms with E-state index in [0.717, 1.165) is 5.56 Å². The predicted molar refractivity (Wildman–Crippen MR) is 71.1 cm³/mol. The number of hydrogen-bond acceptors (Lipinski definition) is 4. The molecule has 0 bridgehead atoms. The average molecular weight is 308 g/mol. The van der Waals surface area contributed by atoms with E-state index in [0.29, 0.717) is 5.56 Å². The highest BCUT2D eigenvalue weighted by atomic mass is 32.2. The lowest BCUT2D eigenvalue weighted by Crippen LogP contribution is -2.28. The molecular weight excluding hydrogens is 290 g/mol. The van der Waals surface area contributed by atoms with Crippen molar-refractivity contribution in [3.63, 3.8) is 0 Å². The standard InChI is InChI=1S/C12H18F2N2O3S/c1-9-10(7-15)3-2-4-11(9)20(17,18)16-5-6-19-8-12(13)14/h2-4,12,16H,5-8,15H2,1H3. The number of ether oxygens (including phenoxy) is 1. The second-order valence-corrected chi connectivity index (χ2v) is 5.84. The van der Waals surface area contributed by atoms with Gasteiger partial charge in [-0.15, -0.1) is 0 Å². The maximum atomic E-state index is 12.1. The van der Waals surface area contributed by atoms with E-state index in [1.807, 2.05) is 0 Å². The van der Waals surface area contributed by atoms with E-state index in [1.54, 1.807) is 19.1 Å². The molecule has 0 fully saturated rings. The molecule has 0 saturated carbocycles. The third kappa shape index (κ3) is 4.78. The topological polar surface area (TPSA) is 81.4 Å². The summed E-state index contributed by atoms with van der Waals surface area (Å²) in [5.74, 6) is 0. The molecule has 0 atom stereocenters. The normalized spacial score (nSPS) is 12.1. The van der Waals surface area contributed by atoms with E-state index in [2.05, 4.69) is 9.46 Å². The van der Waals surface area contributed by atoms with E-state index >= 15 is 0 Å². The van der Waals surface area contributed by atoms with Gasteiger partial charge in [0.25, 0.3) is 6.43 Å². The number of nitrogens with one attached hydrogen (secondary N) is 1. The Morgan fingerprint density at radius 1 is 1.40 bits per heavy atom. The van der Waals surface area contributed by atoms with Gasteiger partial charge in [0.2, 0.25) is 10.0 Å². The van der Waals surface area contributed by atoms with Gasteiger partial charge in [0.1, 0.15) is 6.61 Å². The smallest absolute Gasteiger partial charge is 0.261 e. The van der Waals surface area contributed by atoms with Gasteiger partial charge in [-0.2, -0.15) is 0 Å². The summed E-state index contributed by atoms with van der Waals surface area (Å²) < 4.78 is 54.7. The molecule has 0 aliphatic heterocycles. The van der Waals surface area contributed by atoms with Crippen LogP contribution >= 0.6 is 0 Å². The molecule has 0 unspecified atom stereocenters. The molecule has 0 aliphatic rings. The van der Waals surface area contributed by atoms with Crippen molar-refractivity contribution in [1.29, 1.82) is 0 Å². The van der Waals surface area contributed by atoms with Crippen LogP contribution in [-0.4, -0.2) is 34.6 Å². The van der Waals surface area contributed by atoms with Crippen LogP contribution in [-0.2, 0) is 21.3 Å². The highest BCUT2D eigenvalue weighted by molar-refractivity contribution is 7.89. The first kappa shape index (κ1) is 17.0. The van der Waals surface area contributed by atoms with E-state index in [9.17, 15) is 17.2 Å². The Bertz CT molecular complexity index is 536. The zero-order chi connectivity index (χ0) is 15.2. The number of alkyl halides is 2. The van der Waals surface area contributed by atoms with Gasteiger partial charge < -0.3 is 10.5 Å². The number of rotatable bonds is 8. The van der Waals surface area contributed by atoms with Crippen molar-refractivity contribution in [1.82, 2.24) is 4.72 Å². The molecule has 20 heavy (non-hydrogen) atoms. The second kappa shape index (κ2) is 7.63. The van der Waals surface area contributed by atoms with Gasteiger partial charge in [0.05, 0.1) is 11.5 Å². The van der Waals surface area contributed by atoms with Crippen molar-refractivity contribution < 1.29 is 21.9 Å². The third-order valence-electron chi connectivity index (χ3n) is 2.69. The molecule has 0 amide bonds. The molecule has 0 radical (unpaired) electrons. The third-order valence-corrected chi connectivity index (χ3v) is 4.29. The summed E-state index contributed by atoms with van der Waals surface area (Å²) in [6, 6.07) is 4.83. The molecule has 5 nitrogen and oxygen atoms in total. The zero-order valence-corrected chi connectivity index (χ0v) is 11.9. The van der Waals surface area contributed by atoms with Crippen molar-refractivity contribution in [2.24, 2.45) is 5.73 Å². The van der Waals surface area contributed by atoms with Crippen LogP contribution in [0.2, 0.25) is 0 Å². The van der Waals surface area contributed by atoms with Crippen molar-refractivity contribution in [2.45, 2.75) is 24.8 Å². The molecule has 1 aromatic rings. The number of halogens is 2. The van der Waals surface area contributed by atoms with Crippen molar-refractivity contribution in [3.8, 4) is 0 Å². The molecule has 114 valence electrons. The van der Waals surface area contributed by atoms with E-state index in [4.69, 9.17) is 5.73 Å². The molecule has 1 aromatic carbocycles. The highest BCUT2D eigenvalue weighted by Gasteiger charge is 2.17. The van der Waals surface area contributed by atoms with Crippen molar-refractivity contribution in [2.75, 3.05) is 19.8 Å². The van der Waals surface area contributed by atoms with Gasteiger partial charge in [-0.05, 0) is 24.1 Å². The Kier molecular flexibility index (Phi) is 6.47. The van der Waals surface area contributed by atoms with Crippen LogP contribution < -0.4 is 10.5 Å². The highest BCUT2D eigenvalue weighted by Crippen LogP contribution is 2.18. The molecule has 0 aromatic heterocycles. The number of hydrogen-bond donors (Lipinski definition) is 2. The molecular formula is C12H18F2N2O3S. The first-order valence-electron chi connectivity index (χ1n) is 6.02.